The Labute approximate surface area is 75.1 Å². The molecule has 1 atom stereocenters. The third-order valence-corrected chi connectivity index (χ3v) is 2.47. The van der Waals surface area contributed by atoms with E-state index in [1.165, 1.54) is 6.42 Å². The van der Waals surface area contributed by atoms with Gasteiger partial charge in [-0.2, -0.15) is 0 Å². The van der Waals surface area contributed by atoms with Gasteiger partial charge in [0.2, 0.25) is 0 Å². The minimum Gasteiger partial charge on any atom is -0.383 e. The molecular weight excluding hydrogens is 152 g/mol. The fraction of sp³-hybridized carbons (Fsp3) is 1.00. The minimum atomic E-state index is 0.685. The molecule has 0 N–H and O–H groups in total. The average Bonchev–Trinajstić information content (AvgIpc) is 2.59. The van der Waals surface area contributed by atoms with E-state index < -0.39 is 0 Å². The molecule has 1 rings (SSSR count). The second kappa shape index (κ2) is 5.51. The monoisotopic (exact) mass is 171 g/mol. The van der Waals surface area contributed by atoms with E-state index in [1.54, 1.807) is 7.11 Å². The molecule has 0 aromatic heterocycles. The Kier molecular flexibility index (Phi) is 4.58. The van der Waals surface area contributed by atoms with Crippen LogP contribution in [0.25, 0.3) is 0 Å². The van der Waals surface area contributed by atoms with Crippen LogP contribution in [0.2, 0.25) is 0 Å². The van der Waals surface area contributed by atoms with Gasteiger partial charge < -0.3 is 4.74 Å². The van der Waals surface area contributed by atoms with Crippen molar-refractivity contribution in [3.05, 3.63) is 0 Å². The van der Waals surface area contributed by atoms with Gasteiger partial charge in [0.25, 0.3) is 0 Å². The van der Waals surface area contributed by atoms with Crippen LogP contribution >= 0.6 is 0 Å². The van der Waals surface area contributed by atoms with Crippen LogP contribution in [0.1, 0.15) is 13.3 Å². The van der Waals surface area contributed by atoms with Crippen LogP contribution < -0.4 is 5.32 Å². The summed E-state index contributed by atoms with van der Waals surface area (Å²) in [5.74, 6) is 0. The first-order valence-corrected chi connectivity index (χ1v) is 4.74. The molecule has 1 fully saturated rings. The number of hydrogen-bond donors (Lipinski definition) is 0. The van der Waals surface area contributed by atoms with Gasteiger partial charge >= 0.3 is 0 Å². The fourth-order valence-corrected chi connectivity index (χ4v) is 1.68. The second-order valence-corrected chi connectivity index (χ2v) is 3.19. The summed E-state index contributed by atoms with van der Waals surface area (Å²) < 4.78 is 5.06. The first kappa shape index (κ1) is 9.96. The van der Waals surface area contributed by atoms with Crippen molar-refractivity contribution in [3.63, 3.8) is 0 Å². The Balaban J connectivity index is 2.22. The summed E-state index contributed by atoms with van der Waals surface area (Å²) in [6.07, 6.45) is 1.23. The number of ether oxygens (including phenoxy) is 1. The van der Waals surface area contributed by atoms with E-state index in [4.69, 9.17) is 4.74 Å². The van der Waals surface area contributed by atoms with Gasteiger partial charge in [-0.15, -0.1) is 0 Å². The van der Waals surface area contributed by atoms with Gasteiger partial charge in [-0.1, -0.05) is 6.92 Å². The van der Waals surface area contributed by atoms with E-state index in [-0.39, 0.29) is 0 Å². The predicted molar refractivity (Wildman–Crippen MR) is 49.4 cm³/mol. The third kappa shape index (κ3) is 2.73. The molecule has 1 saturated heterocycles. The van der Waals surface area contributed by atoms with Crippen LogP contribution in [0.5, 0.6) is 0 Å². The Morgan fingerprint density at radius 2 is 2.42 bits per heavy atom. The Bertz CT molecular complexity index is 113. The Hall–Kier alpha value is -0.120. The normalized spacial score (nSPS) is 23.8. The SMILES string of the molecule is CCN(CCOC)[C@H]1CC[N]C1. The first-order valence-electron chi connectivity index (χ1n) is 4.74. The van der Waals surface area contributed by atoms with Crippen LogP contribution in [-0.4, -0.2) is 50.8 Å². The molecule has 1 heterocycles. The number of methoxy groups -OCH3 is 1. The van der Waals surface area contributed by atoms with Crippen molar-refractivity contribution in [2.24, 2.45) is 0 Å². The van der Waals surface area contributed by atoms with Crippen molar-refractivity contribution in [2.75, 3.05) is 39.9 Å². The van der Waals surface area contributed by atoms with Gasteiger partial charge in [0.05, 0.1) is 6.61 Å². The van der Waals surface area contributed by atoms with Crippen molar-refractivity contribution < 1.29 is 4.74 Å². The quantitative estimate of drug-likeness (QED) is 0.596. The fourth-order valence-electron chi connectivity index (χ4n) is 1.68. The smallest absolute Gasteiger partial charge is 0.0589 e. The van der Waals surface area contributed by atoms with Crippen LogP contribution in [0, 0.1) is 0 Å². The first-order chi connectivity index (χ1) is 5.88. The molecule has 0 aliphatic carbocycles. The summed E-state index contributed by atoms with van der Waals surface area (Å²) in [5, 5.41) is 4.36. The average molecular weight is 171 g/mol. The van der Waals surface area contributed by atoms with Gasteiger partial charge in [-0.05, 0) is 13.0 Å². The van der Waals surface area contributed by atoms with Crippen LogP contribution in [0.15, 0.2) is 0 Å². The summed E-state index contributed by atoms with van der Waals surface area (Å²) in [7, 11) is 1.76. The zero-order valence-corrected chi connectivity index (χ0v) is 8.12. The standard InChI is InChI=1S/C9H19N2O/c1-3-11(6-7-12-2)9-4-5-10-8-9/h9H,3-8H2,1-2H3/t9-/m0/s1. The molecule has 3 nitrogen and oxygen atoms in total. The summed E-state index contributed by atoms with van der Waals surface area (Å²) in [5.41, 5.74) is 0. The van der Waals surface area contributed by atoms with Crippen molar-refractivity contribution in [1.82, 2.24) is 10.2 Å². The van der Waals surface area contributed by atoms with Crippen molar-refractivity contribution in [3.8, 4) is 0 Å². The lowest BCUT2D eigenvalue weighted by Gasteiger charge is -2.25. The van der Waals surface area contributed by atoms with Crippen LogP contribution in [0.3, 0.4) is 0 Å². The van der Waals surface area contributed by atoms with Crippen molar-refractivity contribution in [1.29, 1.82) is 0 Å². The highest BCUT2D eigenvalue weighted by Gasteiger charge is 2.20. The molecular formula is C9H19N2O. The minimum absolute atomic E-state index is 0.685. The molecule has 12 heavy (non-hydrogen) atoms. The molecule has 1 aliphatic heterocycles. The highest BCUT2D eigenvalue weighted by Crippen LogP contribution is 2.08. The molecule has 0 spiro atoms. The number of nitrogens with zero attached hydrogens (tertiary/aromatic N) is 2. The van der Waals surface area contributed by atoms with Gasteiger partial charge in [0.15, 0.2) is 0 Å². The topological polar surface area (TPSA) is 26.6 Å². The van der Waals surface area contributed by atoms with E-state index >= 15 is 0 Å². The molecule has 0 unspecified atom stereocenters. The molecule has 1 aliphatic rings. The molecule has 0 saturated carbocycles. The maximum atomic E-state index is 5.06. The highest BCUT2D eigenvalue weighted by atomic mass is 16.5. The lowest BCUT2D eigenvalue weighted by molar-refractivity contribution is 0.129. The lowest BCUT2D eigenvalue weighted by Crippen LogP contribution is -2.38. The summed E-state index contributed by atoms with van der Waals surface area (Å²) >= 11 is 0. The van der Waals surface area contributed by atoms with E-state index in [0.717, 1.165) is 32.8 Å². The summed E-state index contributed by atoms with van der Waals surface area (Å²) in [6, 6.07) is 0.685. The predicted octanol–water partition coefficient (Wildman–Crippen LogP) is 0.331. The van der Waals surface area contributed by atoms with Gasteiger partial charge in [-0.25, -0.2) is 5.32 Å². The Morgan fingerprint density at radius 1 is 1.58 bits per heavy atom. The van der Waals surface area contributed by atoms with Gasteiger partial charge in [0, 0.05) is 32.8 Å². The zero-order chi connectivity index (χ0) is 8.81. The van der Waals surface area contributed by atoms with E-state index in [0.29, 0.717) is 6.04 Å². The van der Waals surface area contributed by atoms with E-state index in [1.807, 2.05) is 0 Å². The van der Waals surface area contributed by atoms with Crippen LogP contribution in [-0.2, 0) is 4.74 Å². The number of likely N-dealkylation sites (N-methyl/N-ethyl adjacent to an activating group) is 1. The largest absolute Gasteiger partial charge is 0.383 e. The van der Waals surface area contributed by atoms with Crippen molar-refractivity contribution >= 4 is 0 Å². The maximum Gasteiger partial charge on any atom is 0.0589 e. The third-order valence-electron chi connectivity index (χ3n) is 2.47. The Morgan fingerprint density at radius 3 is 2.92 bits per heavy atom. The zero-order valence-electron chi connectivity index (χ0n) is 8.12. The molecule has 0 aromatic rings. The second-order valence-electron chi connectivity index (χ2n) is 3.19. The lowest BCUT2D eigenvalue weighted by atomic mass is 10.2. The van der Waals surface area contributed by atoms with Gasteiger partial charge in [0.1, 0.15) is 0 Å². The number of rotatable bonds is 5. The molecule has 0 aromatic carbocycles. The molecule has 71 valence electrons. The number of hydrogen-bond acceptors (Lipinski definition) is 2. The van der Waals surface area contributed by atoms with Crippen LogP contribution in [0.4, 0.5) is 0 Å². The molecule has 3 heteroatoms. The summed E-state index contributed by atoms with van der Waals surface area (Å²) in [6.45, 7) is 7.28. The molecule has 1 radical (unpaired) electrons. The molecule has 0 bridgehead atoms. The summed E-state index contributed by atoms with van der Waals surface area (Å²) in [4.78, 5) is 2.46. The van der Waals surface area contributed by atoms with Crippen molar-refractivity contribution in [2.45, 2.75) is 19.4 Å². The highest BCUT2D eigenvalue weighted by molar-refractivity contribution is 4.79. The van der Waals surface area contributed by atoms with E-state index in [2.05, 4.69) is 17.1 Å². The van der Waals surface area contributed by atoms with E-state index in [9.17, 15) is 0 Å². The maximum absolute atomic E-state index is 5.06. The van der Waals surface area contributed by atoms with Gasteiger partial charge in [-0.3, -0.25) is 4.90 Å². The molecule has 0 amide bonds.